The molecule has 0 fully saturated rings. The maximum absolute atomic E-state index is 13.9. The summed E-state index contributed by atoms with van der Waals surface area (Å²) in [6, 6.07) is 13.7. The number of methoxy groups -OCH3 is 1. The van der Waals surface area contributed by atoms with Crippen LogP contribution in [0.1, 0.15) is 33.1 Å². The summed E-state index contributed by atoms with van der Waals surface area (Å²) in [5.41, 5.74) is 3.63. The summed E-state index contributed by atoms with van der Waals surface area (Å²) in [5, 5.41) is 6.11. The van der Waals surface area contributed by atoms with Crippen molar-refractivity contribution in [3.63, 3.8) is 0 Å². The van der Waals surface area contributed by atoms with Crippen molar-refractivity contribution in [2.75, 3.05) is 23.9 Å². The van der Waals surface area contributed by atoms with Gasteiger partial charge in [0.25, 0.3) is 5.91 Å². The molecule has 0 saturated heterocycles. The zero-order valence-electron chi connectivity index (χ0n) is 17.1. The molecule has 2 aliphatic rings. The average Bonchev–Trinajstić information content (AvgIpc) is 3.37. The number of carbonyl (C=O) groups is 2. The molecule has 0 spiro atoms. The van der Waals surface area contributed by atoms with Crippen molar-refractivity contribution in [2.45, 2.75) is 12.5 Å². The van der Waals surface area contributed by atoms with E-state index in [0.29, 0.717) is 40.4 Å². The van der Waals surface area contributed by atoms with Gasteiger partial charge in [-0.25, -0.2) is 9.18 Å². The van der Waals surface area contributed by atoms with Gasteiger partial charge in [-0.1, -0.05) is 23.7 Å². The zero-order valence-corrected chi connectivity index (χ0v) is 17.9. The second kappa shape index (κ2) is 7.84. The summed E-state index contributed by atoms with van der Waals surface area (Å²) in [5.74, 6) is -0.0251. The van der Waals surface area contributed by atoms with E-state index >= 15 is 0 Å². The molecule has 6 nitrogen and oxygen atoms in total. The fourth-order valence-corrected chi connectivity index (χ4v) is 4.65. The van der Waals surface area contributed by atoms with E-state index in [4.69, 9.17) is 16.3 Å². The zero-order chi connectivity index (χ0) is 22.4. The third kappa shape index (κ3) is 3.26. The molecule has 2 heterocycles. The molecular weight excluding hydrogens is 433 g/mol. The Morgan fingerprint density at radius 1 is 1.22 bits per heavy atom. The first-order chi connectivity index (χ1) is 15.5. The predicted octanol–water partition coefficient (Wildman–Crippen LogP) is 4.92. The van der Waals surface area contributed by atoms with Gasteiger partial charge in [-0.05, 0) is 48.9 Å². The molecule has 32 heavy (non-hydrogen) atoms. The fraction of sp³-hybridized carbons (Fsp3) is 0.167. The molecule has 0 saturated carbocycles. The SMILES string of the molecule is COc1cccc2c1CCN2C(=O)Nc1cccc2c1C(c1cc(F)ccc1Cl)NC2=O. The number of rotatable bonds is 3. The molecule has 0 aliphatic carbocycles. The largest absolute Gasteiger partial charge is 0.496 e. The number of amides is 3. The predicted molar refractivity (Wildman–Crippen MR) is 120 cm³/mol. The van der Waals surface area contributed by atoms with E-state index < -0.39 is 11.9 Å². The number of nitrogens with one attached hydrogen (secondary N) is 2. The van der Waals surface area contributed by atoms with Crippen molar-refractivity contribution in [1.82, 2.24) is 5.32 Å². The van der Waals surface area contributed by atoms with Crippen LogP contribution >= 0.6 is 11.6 Å². The number of fused-ring (bicyclic) bond motifs is 2. The van der Waals surface area contributed by atoms with Crippen molar-refractivity contribution >= 4 is 34.9 Å². The van der Waals surface area contributed by atoms with Crippen molar-refractivity contribution in [1.29, 1.82) is 0 Å². The molecule has 0 radical (unpaired) electrons. The van der Waals surface area contributed by atoms with Gasteiger partial charge in [0, 0.05) is 39.5 Å². The Kier molecular flexibility index (Phi) is 4.98. The lowest BCUT2D eigenvalue weighted by Crippen LogP contribution is -2.33. The van der Waals surface area contributed by atoms with Crippen molar-refractivity contribution in [3.8, 4) is 5.75 Å². The number of urea groups is 1. The van der Waals surface area contributed by atoms with Crippen LogP contribution in [0, 0.1) is 5.82 Å². The monoisotopic (exact) mass is 451 g/mol. The van der Waals surface area contributed by atoms with Gasteiger partial charge in [0.15, 0.2) is 0 Å². The van der Waals surface area contributed by atoms with Crippen LogP contribution in [0.5, 0.6) is 5.75 Å². The first-order valence-corrected chi connectivity index (χ1v) is 10.5. The standard InChI is InChI=1S/C24H19ClFN3O3/c1-32-20-7-3-6-19-14(20)10-11-29(19)24(31)27-18-5-2-4-15-21(18)22(28-23(15)30)16-12-13(26)8-9-17(16)25/h2-9,12,22H,10-11H2,1H3,(H,27,31)(H,28,30). The minimum Gasteiger partial charge on any atom is -0.496 e. The van der Waals surface area contributed by atoms with Crippen molar-refractivity contribution in [3.05, 3.63) is 87.7 Å². The lowest BCUT2D eigenvalue weighted by atomic mass is 9.96. The first-order valence-electron chi connectivity index (χ1n) is 10.1. The molecule has 2 aliphatic heterocycles. The van der Waals surface area contributed by atoms with Gasteiger partial charge in [0.1, 0.15) is 11.6 Å². The summed E-state index contributed by atoms with van der Waals surface area (Å²) in [7, 11) is 1.60. The number of carbonyl (C=O) groups excluding carboxylic acids is 2. The summed E-state index contributed by atoms with van der Waals surface area (Å²) in [6.45, 7) is 0.507. The van der Waals surface area contributed by atoms with E-state index in [1.54, 1.807) is 30.2 Å². The molecule has 2 N–H and O–H groups in total. The molecule has 3 amide bonds. The highest BCUT2D eigenvalue weighted by molar-refractivity contribution is 6.31. The summed E-state index contributed by atoms with van der Waals surface area (Å²) in [6.07, 6.45) is 0.682. The van der Waals surface area contributed by atoms with Crippen LogP contribution < -0.4 is 20.3 Å². The molecule has 0 aromatic heterocycles. The van der Waals surface area contributed by atoms with Gasteiger partial charge < -0.3 is 15.4 Å². The fourth-order valence-electron chi connectivity index (χ4n) is 4.42. The first kappa shape index (κ1) is 20.3. The number of nitrogens with zero attached hydrogens (tertiary/aromatic N) is 1. The number of anilines is 2. The van der Waals surface area contributed by atoms with E-state index in [0.717, 1.165) is 17.0 Å². The molecule has 0 bridgehead atoms. The Labute approximate surface area is 188 Å². The van der Waals surface area contributed by atoms with Gasteiger partial charge in [0.2, 0.25) is 0 Å². The minimum atomic E-state index is -0.678. The lowest BCUT2D eigenvalue weighted by Gasteiger charge is -2.21. The number of benzene rings is 3. The van der Waals surface area contributed by atoms with Crippen LogP contribution in [-0.2, 0) is 6.42 Å². The number of hydrogen-bond acceptors (Lipinski definition) is 3. The molecule has 1 atom stereocenters. The minimum absolute atomic E-state index is 0.308. The van der Waals surface area contributed by atoms with Crippen LogP contribution in [0.4, 0.5) is 20.6 Å². The van der Waals surface area contributed by atoms with Gasteiger partial charge in [-0.3, -0.25) is 9.69 Å². The normalized spacial score (nSPS) is 16.4. The lowest BCUT2D eigenvalue weighted by molar-refractivity contribution is 0.0960. The topological polar surface area (TPSA) is 70.7 Å². The Morgan fingerprint density at radius 2 is 2.03 bits per heavy atom. The highest BCUT2D eigenvalue weighted by Crippen LogP contribution is 2.40. The van der Waals surface area contributed by atoms with E-state index in [-0.39, 0.29) is 11.9 Å². The van der Waals surface area contributed by atoms with Gasteiger partial charge in [0.05, 0.1) is 18.8 Å². The smallest absolute Gasteiger partial charge is 0.326 e. The van der Waals surface area contributed by atoms with Crippen LogP contribution in [0.2, 0.25) is 5.02 Å². The van der Waals surface area contributed by atoms with Crippen LogP contribution in [0.25, 0.3) is 0 Å². The summed E-state index contributed by atoms with van der Waals surface area (Å²) < 4.78 is 19.3. The molecular formula is C24H19ClFN3O3. The molecule has 3 aromatic carbocycles. The Balaban J connectivity index is 1.51. The molecule has 1 unspecified atom stereocenters. The third-order valence-electron chi connectivity index (χ3n) is 5.88. The summed E-state index contributed by atoms with van der Waals surface area (Å²) >= 11 is 6.31. The highest BCUT2D eigenvalue weighted by Gasteiger charge is 2.35. The van der Waals surface area contributed by atoms with E-state index in [1.807, 2.05) is 18.2 Å². The quantitative estimate of drug-likeness (QED) is 0.594. The van der Waals surface area contributed by atoms with Crippen LogP contribution in [-0.4, -0.2) is 25.6 Å². The molecule has 3 aromatic rings. The van der Waals surface area contributed by atoms with Crippen LogP contribution in [0.15, 0.2) is 54.6 Å². The van der Waals surface area contributed by atoms with E-state index in [2.05, 4.69) is 10.6 Å². The molecule has 8 heteroatoms. The highest BCUT2D eigenvalue weighted by atomic mass is 35.5. The van der Waals surface area contributed by atoms with Crippen LogP contribution in [0.3, 0.4) is 0 Å². The third-order valence-corrected chi connectivity index (χ3v) is 6.22. The van der Waals surface area contributed by atoms with Gasteiger partial charge in [-0.2, -0.15) is 0 Å². The Bertz CT molecular complexity index is 1260. The van der Waals surface area contributed by atoms with E-state index in [9.17, 15) is 14.0 Å². The van der Waals surface area contributed by atoms with E-state index in [1.165, 1.54) is 18.2 Å². The van der Waals surface area contributed by atoms with Gasteiger partial charge in [-0.15, -0.1) is 0 Å². The number of halogens is 2. The second-order valence-electron chi connectivity index (χ2n) is 7.63. The molecule has 162 valence electrons. The summed E-state index contributed by atoms with van der Waals surface area (Å²) in [4.78, 5) is 27.4. The van der Waals surface area contributed by atoms with Crippen molar-refractivity contribution in [2.24, 2.45) is 0 Å². The Morgan fingerprint density at radius 3 is 2.84 bits per heavy atom. The molecule has 5 rings (SSSR count). The number of ether oxygens (including phenoxy) is 1. The maximum Gasteiger partial charge on any atom is 0.326 e. The van der Waals surface area contributed by atoms with Gasteiger partial charge >= 0.3 is 6.03 Å². The second-order valence-corrected chi connectivity index (χ2v) is 8.04. The number of hydrogen-bond donors (Lipinski definition) is 2. The average molecular weight is 452 g/mol. The van der Waals surface area contributed by atoms with Crippen molar-refractivity contribution < 1.29 is 18.7 Å². The Hall–Kier alpha value is -3.58. The maximum atomic E-state index is 13.9.